The van der Waals surface area contributed by atoms with E-state index in [1.165, 1.54) is 12.5 Å². The van der Waals surface area contributed by atoms with Gasteiger partial charge in [-0.25, -0.2) is 15.1 Å². The van der Waals surface area contributed by atoms with Crippen molar-refractivity contribution in [2.45, 2.75) is 31.9 Å². The minimum absolute atomic E-state index is 0.00820. The minimum atomic E-state index is -4.07. The van der Waals surface area contributed by atoms with Crippen LogP contribution in [0.5, 0.6) is 5.75 Å². The van der Waals surface area contributed by atoms with Gasteiger partial charge in [0.2, 0.25) is 5.78 Å². The van der Waals surface area contributed by atoms with Crippen LogP contribution in [0.4, 0.5) is 0 Å². The maximum atomic E-state index is 13.2. The monoisotopic (exact) mass is 501 g/mol. The zero-order valence-electron chi connectivity index (χ0n) is 19.1. The Morgan fingerprint density at radius 3 is 2.89 bits per heavy atom. The summed E-state index contributed by atoms with van der Waals surface area (Å²) in [6, 6.07) is 9.26. The first-order chi connectivity index (χ1) is 16.7. The van der Waals surface area contributed by atoms with E-state index in [4.69, 9.17) is 9.88 Å². The molecule has 3 N–H and O–H groups in total. The first-order valence-electron chi connectivity index (χ1n) is 11.1. The van der Waals surface area contributed by atoms with Crippen LogP contribution in [0.3, 0.4) is 0 Å². The highest BCUT2D eigenvalue weighted by molar-refractivity contribution is 7.84. The number of aromatic nitrogens is 4. The van der Waals surface area contributed by atoms with Gasteiger partial charge >= 0.3 is 10.3 Å². The fourth-order valence-corrected chi connectivity index (χ4v) is 4.76. The van der Waals surface area contributed by atoms with Crippen LogP contribution in [-0.2, 0) is 27.5 Å². The van der Waals surface area contributed by atoms with Crippen molar-refractivity contribution in [1.82, 2.24) is 19.7 Å². The molecule has 35 heavy (non-hydrogen) atoms. The van der Waals surface area contributed by atoms with Gasteiger partial charge in [-0.2, -0.15) is 13.5 Å². The van der Waals surface area contributed by atoms with E-state index < -0.39 is 16.4 Å². The van der Waals surface area contributed by atoms with Crippen LogP contribution in [-0.4, -0.2) is 58.9 Å². The maximum absolute atomic E-state index is 13.2. The van der Waals surface area contributed by atoms with Gasteiger partial charge in [0.15, 0.2) is 0 Å². The Morgan fingerprint density at radius 1 is 1.29 bits per heavy atom. The molecule has 12 heteroatoms. The van der Waals surface area contributed by atoms with Gasteiger partial charge < -0.3 is 9.84 Å². The number of carbonyl (C=O) groups excluding carboxylic acids is 1. The van der Waals surface area contributed by atoms with E-state index in [0.717, 1.165) is 11.3 Å². The van der Waals surface area contributed by atoms with Crippen LogP contribution in [0.15, 0.2) is 49.1 Å². The van der Waals surface area contributed by atoms with Crippen LogP contribution in [0.2, 0.25) is 0 Å². The largest absolute Gasteiger partial charge is 0.497 e. The quantitative estimate of drug-likeness (QED) is 0.388. The van der Waals surface area contributed by atoms with Gasteiger partial charge in [-0.15, -0.1) is 0 Å². The van der Waals surface area contributed by atoms with E-state index in [1.807, 2.05) is 24.3 Å². The molecule has 2 heterocycles. The molecule has 1 aromatic carbocycles. The molecule has 1 aliphatic rings. The Morgan fingerprint density at radius 2 is 2.11 bits per heavy atom. The van der Waals surface area contributed by atoms with Gasteiger partial charge in [-0.05, 0) is 48.9 Å². The zero-order chi connectivity index (χ0) is 25.0. The number of benzene rings is 1. The average molecular weight is 502 g/mol. The number of nitrogens with two attached hydrogens (primary N) is 1. The predicted molar refractivity (Wildman–Crippen MR) is 125 cm³/mol. The van der Waals surface area contributed by atoms with Crippen LogP contribution >= 0.6 is 0 Å². The number of aliphatic hydroxyl groups excluding tert-OH is 1. The molecule has 0 radical (unpaired) electrons. The smallest absolute Gasteiger partial charge is 0.333 e. The normalized spacial score (nSPS) is 20.1. The number of hydrogen-bond acceptors (Lipinski definition) is 9. The molecule has 4 rings (SSSR count). The zero-order valence-corrected chi connectivity index (χ0v) is 20.0. The topological polar surface area (TPSA) is 160 Å². The third-order valence-electron chi connectivity index (χ3n) is 6.07. The lowest BCUT2D eigenvalue weighted by Crippen LogP contribution is -2.24. The molecule has 1 saturated carbocycles. The summed E-state index contributed by atoms with van der Waals surface area (Å²) in [4.78, 5) is 21.5. The minimum Gasteiger partial charge on any atom is -0.497 e. The molecular weight excluding hydrogens is 474 g/mol. The fraction of sp³-hybridized carbons (Fsp3) is 0.391. The Bertz CT molecular complexity index is 1290. The van der Waals surface area contributed by atoms with E-state index in [-0.39, 0.29) is 29.9 Å². The number of aliphatic hydroxyl groups is 1. The van der Waals surface area contributed by atoms with Crippen LogP contribution < -0.4 is 9.88 Å². The van der Waals surface area contributed by atoms with Gasteiger partial charge in [-0.3, -0.25) is 13.7 Å². The van der Waals surface area contributed by atoms with Crippen LogP contribution in [0, 0.1) is 11.8 Å². The second-order valence-corrected chi connectivity index (χ2v) is 9.83. The highest BCUT2D eigenvalue weighted by atomic mass is 32.2. The molecule has 0 spiro atoms. The van der Waals surface area contributed by atoms with Crippen molar-refractivity contribution < 1.29 is 27.2 Å². The third kappa shape index (κ3) is 6.48. The lowest BCUT2D eigenvalue weighted by Gasteiger charge is -2.13. The summed E-state index contributed by atoms with van der Waals surface area (Å²) in [7, 11) is -2.47. The lowest BCUT2D eigenvalue weighted by atomic mass is 9.96. The number of rotatable bonds is 10. The molecule has 2 aromatic heterocycles. The molecule has 1 aliphatic carbocycles. The molecular formula is C23H27N5O6S. The molecule has 0 unspecified atom stereocenters. The Kier molecular flexibility index (Phi) is 7.55. The summed E-state index contributed by atoms with van der Waals surface area (Å²) in [6.07, 6.45) is 5.24. The number of nitrogens with zero attached hydrogens (tertiary/aromatic N) is 4. The van der Waals surface area contributed by atoms with Gasteiger partial charge in [-0.1, -0.05) is 12.1 Å². The highest BCUT2D eigenvalue weighted by Crippen LogP contribution is 2.34. The standard InChI is InChI=1S/C23H27N5O6S/c1-33-18-4-2-3-15(8-18)12-28-6-5-20(27-28)23(30)19-11-25-14-26-21(19)9-16-7-17(22(29)10-16)13-34-35(24,31)32/h2-6,8,11,14,16-17,22,29H,7,9-10,12-13H2,1H3,(H2,24,31,32)/t16-,17+,22-/m0/s1. The molecule has 11 nitrogen and oxygen atoms in total. The van der Waals surface area contributed by atoms with Gasteiger partial charge in [0, 0.05) is 18.3 Å². The number of ether oxygens (including phenoxy) is 1. The first-order valence-corrected chi connectivity index (χ1v) is 12.5. The predicted octanol–water partition coefficient (Wildman–Crippen LogP) is 1.11. The Labute approximate surface area is 203 Å². The van der Waals surface area contributed by atoms with Crippen molar-refractivity contribution >= 4 is 16.1 Å². The van der Waals surface area contributed by atoms with E-state index in [1.54, 1.807) is 24.1 Å². The van der Waals surface area contributed by atoms with Gasteiger partial charge in [0.25, 0.3) is 0 Å². The Hall–Kier alpha value is -3.19. The van der Waals surface area contributed by atoms with Crippen molar-refractivity contribution in [2.75, 3.05) is 13.7 Å². The lowest BCUT2D eigenvalue weighted by molar-refractivity contribution is 0.100. The van der Waals surface area contributed by atoms with Crippen molar-refractivity contribution in [2.24, 2.45) is 17.0 Å². The number of methoxy groups -OCH3 is 1. The molecule has 0 amide bonds. The summed E-state index contributed by atoms with van der Waals surface area (Å²) in [5.41, 5.74) is 2.15. The highest BCUT2D eigenvalue weighted by Gasteiger charge is 2.35. The number of ketones is 1. The van der Waals surface area contributed by atoms with Crippen molar-refractivity contribution in [3.05, 3.63) is 71.6 Å². The average Bonchev–Trinajstić information content (AvgIpc) is 3.43. The van der Waals surface area contributed by atoms with Gasteiger partial charge in [0.05, 0.1) is 37.6 Å². The van der Waals surface area contributed by atoms with E-state index in [0.29, 0.717) is 37.1 Å². The van der Waals surface area contributed by atoms with Gasteiger partial charge in [0.1, 0.15) is 17.8 Å². The number of hydrogen-bond donors (Lipinski definition) is 2. The molecule has 3 aromatic rings. The van der Waals surface area contributed by atoms with Crippen LogP contribution in [0.25, 0.3) is 0 Å². The maximum Gasteiger partial charge on any atom is 0.333 e. The van der Waals surface area contributed by atoms with Crippen molar-refractivity contribution in [3.63, 3.8) is 0 Å². The summed E-state index contributed by atoms with van der Waals surface area (Å²) in [6.45, 7) is 0.293. The second-order valence-electron chi connectivity index (χ2n) is 8.61. The molecule has 186 valence electrons. The summed E-state index contributed by atoms with van der Waals surface area (Å²) < 4.78 is 33.7. The van der Waals surface area contributed by atoms with E-state index >= 15 is 0 Å². The fourth-order valence-electron chi connectivity index (χ4n) is 4.39. The third-order valence-corrected chi connectivity index (χ3v) is 6.54. The van der Waals surface area contributed by atoms with Crippen molar-refractivity contribution in [3.8, 4) is 5.75 Å². The second kappa shape index (κ2) is 10.6. The molecule has 0 aliphatic heterocycles. The van der Waals surface area contributed by atoms with Crippen LogP contribution in [0.1, 0.15) is 40.2 Å². The summed E-state index contributed by atoms with van der Waals surface area (Å²) in [5, 5.41) is 19.6. The molecule has 3 atom stereocenters. The van der Waals surface area contributed by atoms with Crippen molar-refractivity contribution in [1.29, 1.82) is 0 Å². The molecule has 0 bridgehead atoms. The first kappa shape index (κ1) is 24.9. The molecule has 0 saturated heterocycles. The summed E-state index contributed by atoms with van der Waals surface area (Å²) >= 11 is 0. The SMILES string of the molecule is COc1cccc(Cn2ccc(C(=O)c3cncnc3C[C@@H]3C[C@H](COS(N)(=O)=O)[C@@H](O)C3)n2)c1. The van der Waals surface area contributed by atoms with E-state index in [9.17, 15) is 18.3 Å². The summed E-state index contributed by atoms with van der Waals surface area (Å²) in [5.74, 6) is 0.0722. The van der Waals surface area contributed by atoms with E-state index in [2.05, 4.69) is 19.2 Å². The molecule has 1 fully saturated rings. The number of carbonyl (C=O) groups is 1. The Balaban J connectivity index is 1.44.